The second kappa shape index (κ2) is 9.69. The number of benzene rings is 2. The zero-order valence-electron chi connectivity index (χ0n) is 16.8. The molecule has 1 heterocycles. The van der Waals surface area contributed by atoms with Gasteiger partial charge in [0.05, 0.1) is 18.6 Å². The van der Waals surface area contributed by atoms with Crippen LogP contribution in [0.25, 0.3) is 28.1 Å². The summed E-state index contributed by atoms with van der Waals surface area (Å²) in [5.41, 5.74) is 3.71. The number of carboxylic acids is 1. The first-order valence-corrected chi connectivity index (χ1v) is 10.0. The molecule has 0 bridgehead atoms. The fourth-order valence-electron chi connectivity index (χ4n) is 3.73. The Bertz CT molecular complexity index is 1040. The van der Waals surface area contributed by atoms with Crippen molar-refractivity contribution in [3.8, 4) is 11.1 Å². The first-order chi connectivity index (χ1) is 14.4. The van der Waals surface area contributed by atoms with E-state index < -0.39 is 24.6 Å². The number of rotatable bonds is 9. The number of aliphatic hydroxyl groups is 2. The molecule has 2 atom stereocenters. The van der Waals surface area contributed by atoms with Gasteiger partial charge in [0.1, 0.15) is 5.82 Å². The van der Waals surface area contributed by atoms with Gasteiger partial charge < -0.3 is 19.9 Å². The number of nitrogens with zero attached hydrogens (tertiary/aromatic N) is 1. The van der Waals surface area contributed by atoms with Crippen molar-refractivity contribution in [2.75, 3.05) is 0 Å². The summed E-state index contributed by atoms with van der Waals surface area (Å²) in [6.07, 6.45) is 1.67. The van der Waals surface area contributed by atoms with E-state index in [0.717, 1.165) is 40.7 Å². The molecular weight excluding hydrogens is 385 g/mol. The number of aromatic nitrogens is 1. The smallest absolute Gasteiger partial charge is 0.305 e. The highest BCUT2D eigenvalue weighted by Gasteiger charge is 2.18. The second-order valence-electron chi connectivity index (χ2n) is 7.35. The topological polar surface area (TPSA) is 82.7 Å². The van der Waals surface area contributed by atoms with Crippen molar-refractivity contribution < 1.29 is 24.5 Å². The highest BCUT2D eigenvalue weighted by atomic mass is 19.1. The zero-order valence-corrected chi connectivity index (χ0v) is 16.8. The Morgan fingerprint density at radius 3 is 2.50 bits per heavy atom. The third-order valence-electron chi connectivity index (χ3n) is 4.99. The number of para-hydroxylation sites is 1. The van der Waals surface area contributed by atoms with Crippen molar-refractivity contribution >= 4 is 22.9 Å². The Kier molecular flexibility index (Phi) is 7.03. The summed E-state index contributed by atoms with van der Waals surface area (Å²) >= 11 is 0. The normalized spacial score (nSPS) is 13.7. The van der Waals surface area contributed by atoms with Crippen LogP contribution in [0.4, 0.5) is 4.39 Å². The van der Waals surface area contributed by atoms with Crippen LogP contribution in [0, 0.1) is 5.82 Å². The van der Waals surface area contributed by atoms with E-state index in [-0.39, 0.29) is 12.2 Å². The van der Waals surface area contributed by atoms with E-state index in [1.807, 2.05) is 24.3 Å². The largest absolute Gasteiger partial charge is 0.481 e. The number of carbonyl (C=O) groups is 1. The summed E-state index contributed by atoms with van der Waals surface area (Å²) in [5, 5.41) is 29.9. The van der Waals surface area contributed by atoms with Crippen molar-refractivity contribution in [3.63, 3.8) is 0 Å². The van der Waals surface area contributed by atoms with Crippen LogP contribution in [-0.4, -0.2) is 38.1 Å². The summed E-state index contributed by atoms with van der Waals surface area (Å²) in [4.78, 5) is 10.7. The number of aryl methyl sites for hydroxylation is 1. The first kappa shape index (κ1) is 21.7. The Labute approximate surface area is 174 Å². The van der Waals surface area contributed by atoms with Gasteiger partial charge in [0.25, 0.3) is 0 Å². The molecule has 3 aromatic rings. The molecule has 6 heteroatoms. The Balaban J connectivity index is 2.05. The summed E-state index contributed by atoms with van der Waals surface area (Å²) in [6.45, 7) is 2.84. The van der Waals surface area contributed by atoms with Crippen LogP contribution in [0.2, 0.25) is 0 Å². The maximum atomic E-state index is 13.5. The van der Waals surface area contributed by atoms with Crippen molar-refractivity contribution in [3.05, 3.63) is 66.1 Å². The molecule has 0 fully saturated rings. The zero-order chi connectivity index (χ0) is 21.7. The molecule has 0 aliphatic carbocycles. The number of carboxylic acid groups (broad SMARTS) is 1. The molecule has 0 radical (unpaired) electrons. The molecule has 0 saturated heterocycles. The summed E-state index contributed by atoms with van der Waals surface area (Å²) in [7, 11) is 0. The third kappa shape index (κ3) is 4.96. The monoisotopic (exact) mass is 411 g/mol. The van der Waals surface area contributed by atoms with Crippen molar-refractivity contribution in [2.45, 2.75) is 44.9 Å². The fourth-order valence-corrected chi connectivity index (χ4v) is 3.73. The molecule has 0 amide bonds. The van der Waals surface area contributed by atoms with E-state index in [4.69, 9.17) is 5.11 Å². The SMILES string of the molecule is CCCn1c(C=CC(O)CC(O)CC(=O)O)c(-c2ccc(F)cc2)c2ccccc21. The predicted molar refractivity (Wildman–Crippen MR) is 116 cm³/mol. The van der Waals surface area contributed by atoms with Crippen LogP contribution in [0.15, 0.2) is 54.6 Å². The van der Waals surface area contributed by atoms with E-state index in [0.29, 0.717) is 0 Å². The number of aliphatic hydroxyl groups excluding tert-OH is 2. The number of hydrogen-bond acceptors (Lipinski definition) is 3. The van der Waals surface area contributed by atoms with Gasteiger partial charge in [-0.2, -0.15) is 0 Å². The van der Waals surface area contributed by atoms with Crippen LogP contribution < -0.4 is 0 Å². The molecular formula is C24H26FNO4. The fraction of sp³-hybridized carbons (Fsp3) is 0.292. The minimum absolute atomic E-state index is 0.0668. The quantitative estimate of drug-likeness (QED) is 0.486. The maximum absolute atomic E-state index is 13.5. The van der Waals surface area contributed by atoms with Gasteiger partial charge in [-0.3, -0.25) is 4.79 Å². The van der Waals surface area contributed by atoms with E-state index in [2.05, 4.69) is 11.5 Å². The molecule has 30 heavy (non-hydrogen) atoms. The van der Waals surface area contributed by atoms with E-state index in [1.54, 1.807) is 24.3 Å². The average Bonchev–Trinajstić information content (AvgIpc) is 3.00. The first-order valence-electron chi connectivity index (χ1n) is 10.0. The number of halogens is 1. The van der Waals surface area contributed by atoms with Gasteiger partial charge >= 0.3 is 5.97 Å². The molecule has 0 saturated carbocycles. The van der Waals surface area contributed by atoms with Gasteiger partial charge in [0.15, 0.2) is 0 Å². The number of hydrogen-bond donors (Lipinski definition) is 3. The predicted octanol–water partition coefficient (Wildman–Crippen LogP) is 4.46. The molecule has 1 aromatic heterocycles. The van der Waals surface area contributed by atoms with Gasteiger partial charge in [0, 0.05) is 35.1 Å². The molecule has 0 spiro atoms. The average molecular weight is 411 g/mol. The number of aliphatic carboxylic acids is 1. The van der Waals surface area contributed by atoms with Gasteiger partial charge in [0.2, 0.25) is 0 Å². The lowest BCUT2D eigenvalue weighted by Gasteiger charge is -2.12. The highest BCUT2D eigenvalue weighted by Crippen LogP contribution is 2.36. The molecule has 0 aliphatic rings. The van der Waals surface area contributed by atoms with Crippen LogP contribution in [0.5, 0.6) is 0 Å². The van der Waals surface area contributed by atoms with Gasteiger partial charge in [-0.25, -0.2) is 4.39 Å². The minimum Gasteiger partial charge on any atom is -0.481 e. The molecule has 2 aromatic carbocycles. The van der Waals surface area contributed by atoms with Crippen molar-refractivity contribution in [2.24, 2.45) is 0 Å². The summed E-state index contributed by atoms with van der Waals surface area (Å²) in [6, 6.07) is 14.3. The lowest BCUT2D eigenvalue weighted by molar-refractivity contribution is -0.139. The Morgan fingerprint density at radius 1 is 1.13 bits per heavy atom. The maximum Gasteiger partial charge on any atom is 0.305 e. The van der Waals surface area contributed by atoms with Crippen LogP contribution in [0.3, 0.4) is 0 Å². The van der Waals surface area contributed by atoms with E-state index in [9.17, 15) is 19.4 Å². The van der Waals surface area contributed by atoms with Gasteiger partial charge in [-0.1, -0.05) is 43.3 Å². The molecule has 3 N–H and O–H groups in total. The molecule has 2 unspecified atom stereocenters. The molecule has 158 valence electrons. The van der Waals surface area contributed by atoms with Crippen molar-refractivity contribution in [1.82, 2.24) is 4.57 Å². The van der Waals surface area contributed by atoms with E-state index >= 15 is 0 Å². The van der Waals surface area contributed by atoms with Crippen molar-refractivity contribution in [1.29, 1.82) is 0 Å². The van der Waals surface area contributed by atoms with E-state index in [1.165, 1.54) is 12.1 Å². The second-order valence-corrected chi connectivity index (χ2v) is 7.35. The van der Waals surface area contributed by atoms with Gasteiger partial charge in [-0.05, 0) is 36.3 Å². The lowest BCUT2D eigenvalue weighted by atomic mass is 10.0. The molecule has 0 aliphatic heterocycles. The van der Waals surface area contributed by atoms with Crippen LogP contribution in [0.1, 0.15) is 31.9 Å². The summed E-state index contributed by atoms with van der Waals surface area (Å²) in [5.74, 6) is -1.42. The third-order valence-corrected chi connectivity index (χ3v) is 4.99. The Hall–Kier alpha value is -2.96. The summed E-state index contributed by atoms with van der Waals surface area (Å²) < 4.78 is 15.6. The Morgan fingerprint density at radius 2 is 1.83 bits per heavy atom. The number of fused-ring (bicyclic) bond motifs is 1. The molecule has 5 nitrogen and oxygen atoms in total. The van der Waals surface area contributed by atoms with Crippen LogP contribution >= 0.6 is 0 Å². The standard InChI is InChI=1S/C24H26FNO4/c1-2-13-26-21-6-4-3-5-20(21)24(16-7-9-17(25)10-8-16)22(26)12-11-18(27)14-19(28)15-23(29)30/h3-12,18-19,27-28H,2,13-15H2,1H3,(H,29,30). The molecule has 3 rings (SSSR count). The van der Waals surface area contributed by atoms with Crippen LogP contribution in [-0.2, 0) is 11.3 Å². The lowest BCUT2D eigenvalue weighted by Crippen LogP contribution is -2.19. The van der Waals surface area contributed by atoms with Gasteiger partial charge in [-0.15, -0.1) is 0 Å². The highest BCUT2D eigenvalue weighted by molar-refractivity contribution is 6.00. The minimum atomic E-state index is -1.12.